The van der Waals surface area contributed by atoms with Crippen LogP contribution < -0.4 is 28.3 Å². The normalized spacial score (nSPS) is 14.0. The molecule has 0 radical (unpaired) electrons. The number of aliphatic carboxylic acids is 1. The van der Waals surface area contributed by atoms with Gasteiger partial charge in [-0.1, -0.05) is 12.7 Å². The average molecular weight is 331 g/mol. The van der Waals surface area contributed by atoms with Crippen molar-refractivity contribution in [3.8, 4) is 0 Å². The number of carbonyl (C=O) groups excluding carboxylic acids is 1. The van der Waals surface area contributed by atoms with Crippen LogP contribution in [0.3, 0.4) is 0 Å². The average Bonchev–Trinajstić information content (AvgIpc) is 2.34. The smallest absolute Gasteiger partial charge is 0.408 e. The van der Waals surface area contributed by atoms with Crippen molar-refractivity contribution >= 4 is 12.1 Å². The highest BCUT2D eigenvalue weighted by Gasteiger charge is 2.37. The zero-order valence-electron chi connectivity index (χ0n) is 14.0. The first-order valence-electron chi connectivity index (χ1n) is 7.23. The first-order chi connectivity index (χ1) is 10.2. The zero-order valence-corrected chi connectivity index (χ0v) is 14.0. The van der Waals surface area contributed by atoms with E-state index in [9.17, 15) is 9.59 Å². The van der Waals surface area contributed by atoms with Gasteiger partial charge >= 0.3 is 12.1 Å². The van der Waals surface area contributed by atoms with E-state index in [-0.39, 0.29) is 19.3 Å². The van der Waals surface area contributed by atoms with Gasteiger partial charge in [0.1, 0.15) is 17.3 Å². The highest BCUT2D eigenvalue weighted by molar-refractivity contribution is 5.79. The molecular weight excluding hydrogens is 302 g/mol. The second-order valence-corrected chi connectivity index (χ2v) is 6.61. The number of nitrogens with two attached hydrogens (primary N) is 4. The third-order valence-corrected chi connectivity index (χ3v) is 3.22. The Morgan fingerprint density at radius 2 is 1.78 bits per heavy atom. The van der Waals surface area contributed by atoms with Crippen LogP contribution in [0, 0.1) is 0 Å². The van der Waals surface area contributed by atoms with Gasteiger partial charge in [0.2, 0.25) is 0 Å². The van der Waals surface area contributed by atoms with Crippen molar-refractivity contribution < 1.29 is 19.4 Å². The Kier molecular flexibility index (Phi) is 7.17. The molecule has 0 saturated carbocycles. The molecule has 0 aromatic rings. The molecule has 0 rings (SSSR count). The molecule has 23 heavy (non-hydrogen) atoms. The summed E-state index contributed by atoms with van der Waals surface area (Å²) in [5, 5.41) is 11.4. The minimum absolute atomic E-state index is 0.0952. The Morgan fingerprint density at radius 1 is 1.26 bits per heavy atom. The number of ether oxygens (including phenoxy) is 1. The summed E-state index contributed by atoms with van der Waals surface area (Å²) in [5.41, 5.74) is 19.5. The molecule has 0 heterocycles. The van der Waals surface area contributed by atoms with Crippen LogP contribution in [0.1, 0.15) is 40.0 Å². The largest absolute Gasteiger partial charge is 0.480 e. The van der Waals surface area contributed by atoms with Crippen LogP contribution in [0.5, 0.6) is 0 Å². The number of rotatable bonds is 8. The van der Waals surface area contributed by atoms with Crippen molar-refractivity contribution in [1.29, 1.82) is 0 Å². The van der Waals surface area contributed by atoms with Crippen LogP contribution in [0.15, 0.2) is 12.7 Å². The van der Waals surface area contributed by atoms with Crippen LogP contribution >= 0.6 is 0 Å². The van der Waals surface area contributed by atoms with Gasteiger partial charge in [0.05, 0.1) is 5.66 Å². The van der Waals surface area contributed by atoms with Crippen LogP contribution in [-0.4, -0.2) is 40.1 Å². The SMILES string of the molecule is C=CC(N)(N)C(N)(N)CCCC(NC(=O)OC(C)(C)C)C(=O)O. The number of carboxylic acid groups (broad SMARTS) is 1. The summed E-state index contributed by atoms with van der Waals surface area (Å²) in [7, 11) is 0. The van der Waals surface area contributed by atoms with Gasteiger partial charge in [-0.15, -0.1) is 0 Å². The minimum Gasteiger partial charge on any atom is -0.480 e. The minimum atomic E-state index is -1.50. The van der Waals surface area contributed by atoms with E-state index in [0.717, 1.165) is 0 Å². The fourth-order valence-electron chi connectivity index (χ4n) is 1.71. The second-order valence-electron chi connectivity index (χ2n) is 6.61. The van der Waals surface area contributed by atoms with Crippen molar-refractivity contribution in [3.63, 3.8) is 0 Å². The fourth-order valence-corrected chi connectivity index (χ4v) is 1.71. The van der Waals surface area contributed by atoms with Crippen molar-refractivity contribution in [2.45, 2.75) is 63.0 Å². The first kappa shape index (κ1) is 21.3. The van der Waals surface area contributed by atoms with E-state index in [1.807, 2.05) is 0 Å². The Morgan fingerprint density at radius 3 is 2.17 bits per heavy atom. The molecule has 0 aliphatic heterocycles. The second kappa shape index (κ2) is 7.73. The van der Waals surface area contributed by atoms with Crippen molar-refractivity contribution in [3.05, 3.63) is 12.7 Å². The molecule has 0 fully saturated rings. The van der Waals surface area contributed by atoms with E-state index in [4.69, 9.17) is 32.8 Å². The maximum Gasteiger partial charge on any atom is 0.408 e. The number of alkyl carbamates (subject to hydrolysis) is 1. The summed E-state index contributed by atoms with van der Waals surface area (Å²) in [6.07, 6.45) is 0.948. The van der Waals surface area contributed by atoms with Gasteiger partial charge in [0.25, 0.3) is 0 Å². The summed E-state index contributed by atoms with van der Waals surface area (Å²) in [4.78, 5) is 22.9. The number of carbonyl (C=O) groups is 2. The molecule has 1 unspecified atom stereocenters. The number of hydrogen-bond donors (Lipinski definition) is 6. The third-order valence-electron chi connectivity index (χ3n) is 3.22. The number of hydrogen-bond acceptors (Lipinski definition) is 7. The third kappa shape index (κ3) is 7.42. The number of carboxylic acids is 1. The molecule has 0 aliphatic rings. The highest BCUT2D eigenvalue weighted by atomic mass is 16.6. The quantitative estimate of drug-likeness (QED) is 0.255. The van der Waals surface area contributed by atoms with Crippen molar-refractivity contribution in [2.24, 2.45) is 22.9 Å². The lowest BCUT2D eigenvalue weighted by atomic mass is 9.90. The van der Waals surface area contributed by atoms with E-state index in [0.29, 0.717) is 0 Å². The van der Waals surface area contributed by atoms with E-state index in [2.05, 4.69) is 11.9 Å². The summed E-state index contributed by atoms with van der Waals surface area (Å²) in [6, 6.07) is -1.13. The molecule has 0 aromatic carbocycles. The van der Waals surface area contributed by atoms with E-state index in [1.165, 1.54) is 6.08 Å². The molecule has 1 amide bonds. The van der Waals surface area contributed by atoms with Gasteiger partial charge in [-0.25, -0.2) is 9.59 Å². The molecule has 9 nitrogen and oxygen atoms in total. The molecule has 0 aromatic heterocycles. The number of nitrogens with one attached hydrogen (secondary N) is 1. The summed E-state index contributed by atoms with van der Waals surface area (Å²) in [5.74, 6) is -1.19. The lowest BCUT2D eigenvalue weighted by Gasteiger charge is -2.38. The first-order valence-corrected chi connectivity index (χ1v) is 7.23. The van der Waals surface area contributed by atoms with Gasteiger partial charge in [-0.2, -0.15) is 0 Å². The van der Waals surface area contributed by atoms with Crippen LogP contribution in [0.25, 0.3) is 0 Å². The van der Waals surface area contributed by atoms with Crippen molar-refractivity contribution in [2.75, 3.05) is 0 Å². The van der Waals surface area contributed by atoms with Gasteiger partial charge in [-0.05, 0) is 40.0 Å². The van der Waals surface area contributed by atoms with E-state index >= 15 is 0 Å². The maximum atomic E-state index is 11.6. The van der Waals surface area contributed by atoms with Gasteiger partial charge in [0.15, 0.2) is 0 Å². The summed E-state index contributed by atoms with van der Waals surface area (Å²) in [6.45, 7) is 8.50. The maximum absolute atomic E-state index is 11.6. The molecule has 0 aliphatic carbocycles. The molecule has 10 N–H and O–H groups in total. The molecule has 0 saturated heterocycles. The predicted molar refractivity (Wildman–Crippen MR) is 87.1 cm³/mol. The lowest BCUT2D eigenvalue weighted by molar-refractivity contribution is -0.139. The molecule has 134 valence electrons. The van der Waals surface area contributed by atoms with Gasteiger partial charge < -0.3 is 38.1 Å². The van der Waals surface area contributed by atoms with Crippen LogP contribution in [-0.2, 0) is 9.53 Å². The lowest BCUT2D eigenvalue weighted by Crippen LogP contribution is -2.75. The van der Waals surface area contributed by atoms with Crippen LogP contribution in [0.4, 0.5) is 4.79 Å². The fraction of sp³-hybridized carbons (Fsp3) is 0.714. The topological polar surface area (TPSA) is 180 Å². The summed E-state index contributed by atoms with van der Waals surface area (Å²) >= 11 is 0. The Hall–Kier alpha value is -1.68. The molecular formula is C14H29N5O4. The monoisotopic (exact) mass is 331 g/mol. The Labute approximate surface area is 136 Å². The molecule has 0 spiro atoms. The van der Waals surface area contributed by atoms with Crippen molar-refractivity contribution in [1.82, 2.24) is 5.32 Å². The van der Waals surface area contributed by atoms with E-state index in [1.54, 1.807) is 20.8 Å². The molecule has 9 heteroatoms. The van der Waals surface area contributed by atoms with E-state index < -0.39 is 35.0 Å². The standard InChI is InChI=1S/C14H29N5O4/c1-5-13(15,16)14(17,18)8-6-7-9(10(20)21)19-11(22)23-12(2,3)4/h5,9H,1,6-8,15-18H2,2-4H3,(H,19,22)(H,20,21). The molecule has 1 atom stereocenters. The summed E-state index contributed by atoms with van der Waals surface area (Å²) < 4.78 is 5.02. The predicted octanol–water partition coefficient (Wildman–Crippen LogP) is -0.452. The zero-order chi connectivity index (χ0) is 18.5. The Bertz CT molecular complexity index is 443. The molecule has 0 bridgehead atoms. The highest BCUT2D eigenvalue weighted by Crippen LogP contribution is 2.16. The van der Waals surface area contributed by atoms with Gasteiger partial charge in [0, 0.05) is 0 Å². The van der Waals surface area contributed by atoms with Crippen LogP contribution in [0.2, 0.25) is 0 Å². The number of amides is 1. The Balaban J connectivity index is 4.60. The van der Waals surface area contributed by atoms with Gasteiger partial charge in [-0.3, -0.25) is 0 Å².